The highest BCUT2D eigenvalue weighted by molar-refractivity contribution is 7.19. The van der Waals surface area contributed by atoms with Gasteiger partial charge in [0.25, 0.3) is 0 Å². The van der Waals surface area contributed by atoms with Gasteiger partial charge in [0.1, 0.15) is 5.01 Å². The van der Waals surface area contributed by atoms with Gasteiger partial charge in [0.15, 0.2) is 5.82 Å². The first-order valence-corrected chi connectivity index (χ1v) is 8.20. The van der Waals surface area contributed by atoms with E-state index in [1.54, 1.807) is 6.07 Å². The van der Waals surface area contributed by atoms with E-state index < -0.39 is 11.7 Å². The maximum atomic E-state index is 12.9. The van der Waals surface area contributed by atoms with E-state index in [0.29, 0.717) is 10.5 Å². The molecule has 0 saturated heterocycles. The van der Waals surface area contributed by atoms with Gasteiger partial charge in [-0.05, 0) is 25.1 Å². The third-order valence-corrected chi connectivity index (χ3v) is 4.65. The molecule has 0 aliphatic carbocycles. The Morgan fingerprint density at radius 2 is 1.72 bits per heavy atom. The minimum absolute atomic E-state index is 0.288. The van der Waals surface area contributed by atoms with E-state index in [4.69, 9.17) is 0 Å². The highest BCUT2D eigenvalue weighted by Gasteiger charge is 2.31. The van der Waals surface area contributed by atoms with Crippen LogP contribution in [0.25, 0.3) is 26.9 Å². The third kappa shape index (κ3) is 2.89. The van der Waals surface area contributed by atoms with Crippen molar-refractivity contribution in [2.75, 3.05) is 0 Å². The summed E-state index contributed by atoms with van der Waals surface area (Å²) >= 11 is 1.34. The van der Waals surface area contributed by atoms with E-state index in [2.05, 4.69) is 15.3 Å². The lowest BCUT2D eigenvalue weighted by atomic mass is 10.1. The van der Waals surface area contributed by atoms with Crippen molar-refractivity contribution in [1.29, 1.82) is 0 Å². The predicted octanol–water partition coefficient (Wildman–Crippen LogP) is 4.85. The fourth-order valence-electron chi connectivity index (χ4n) is 2.53. The Hall–Kier alpha value is -2.74. The average molecular weight is 360 g/mol. The number of nitrogens with zero attached hydrogens (tertiary/aromatic N) is 4. The Balaban J connectivity index is 1.82. The Kier molecular flexibility index (Phi) is 3.57. The number of aryl methyl sites for hydroxylation is 1. The number of fused-ring (bicyclic) bond motifs is 1. The molecule has 0 saturated carbocycles. The largest absolute Gasteiger partial charge is 0.416 e. The first-order chi connectivity index (χ1) is 11.9. The van der Waals surface area contributed by atoms with Crippen LogP contribution in [-0.2, 0) is 6.18 Å². The Labute approximate surface area is 144 Å². The molecule has 2 aromatic heterocycles. The fraction of sp³-hybridized carbons (Fsp3) is 0.118. The standard InChI is InChI=1S/C17H11F3N4S/c1-10-4-2-6-12(8-10)15-23-24-14(21-22-16(24)25-15)11-5-3-7-13(9-11)17(18,19)20/h2-9H,1H3. The van der Waals surface area contributed by atoms with Crippen LogP contribution < -0.4 is 0 Å². The molecule has 25 heavy (non-hydrogen) atoms. The topological polar surface area (TPSA) is 43.1 Å². The molecule has 0 bridgehead atoms. The van der Waals surface area contributed by atoms with Crippen molar-refractivity contribution in [2.45, 2.75) is 13.1 Å². The molecule has 2 heterocycles. The van der Waals surface area contributed by atoms with Gasteiger partial charge in [-0.3, -0.25) is 0 Å². The number of benzene rings is 2. The summed E-state index contributed by atoms with van der Waals surface area (Å²) in [6.45, 7) is 1.98. The summed E-state index contributed by atoms with van der Waals surface area (Å²) in [6.07, 6.45) is -4.41. The van der Waals surface area contributed by atoms with Crippen LogP contribution >= 0.6 is 11.3 Å². The average Bonchev–Trinajstić information content (AvgIpc) is 3.14. The van der Waals surface area contributed by atoms with Gasteiger partial charge in [0, 0.05) is 11.1 Å². The SMILES string of the molecule is Cc1cccc(-c2nn3c(-c4cccc(C(F)(F)F)c4)nnc3s2)c1. The van der Waals surface area contributed by atoms with Gasteiger partial charge in [0.05, 0.1) is 5.56 Å². The van der Waals surface area contributed by atoms with Crippen molar-refractivity contribution < 1.29 is 13.2 Å². The number of alkyl halides is 3. The normalized spacial score (nSPS) is 12.0. The van der Waals surface area contributed by atoms with Crippen LogP contribution in [0.3, 0.4) is 0 Å². The summed E-state index contributed by atoms with van der Waals surface area (Å²) in [5.74, 6) is 0.288. The molecule has 2 aromatic carbocycles. The van der Waals surface area contributed by atoms with Gasteiger partial charge < -0.3 is 0 Å². The van der Waals surface area contributed by atoms with Gasteiger partial charge >= 0.3 is 6.18 Å². The minimum Gasteiger partial charge on any atom is -0.182 e. The zero-order valence-corrected chi connectivity index (χ0v) is 13.8. The van der Waals surface area contributed by atoms with Crippen molar-refractivity contribution in [2.24, 2.45) is 0 Å². The van der Waals surface area contributed by atoms with E-state index in [-0.39, 0.29) is 5.82 Å². The molecule has 126 valence electrons. The van der Waals surface area contributed by atoms with Crippen molar-refractivity contribution in [3.8, 4) is 22.0 Å². The molecule has 4 aromatic rings. The third-order valence-electron chi connectivity index (χ3n) is 3.70. The summed E-state index contributed by atoms with van der Waals surface area (Å²) in [6, 6.07) is 12.9. The second-order valence-corrected chi connectivity index (χ2v) is 6.53. The van der Waals surface area contributed by atoms with Gasteiger partial charge in [-0.15, -0.1) is 10.2 Å². The summed E-state index contributed by atoms with van der Waals surface area (Å²) in [4.78, 5) is 0.531. The molecule has 8 heteroatoms. The first kappa shape index (κ1) is 15.8. The van der Waals surface area contributed by atoms with Crippen molar-refractivity contribution in [1.82, 2.24) is 19.8 Å². The van der Waals surface area contributed by atoms with E-state index >= 15 is 0 Å². The van der Waals surface area contributed by atoms with Crippen molar-refractivity contribution >= 4 is 16.3 Å². The molecule has 0 radical (unpaired) electrons. The summed E-state index contributed by atoms with van der Waals surface area (Å²) in [5.41, 5.74) is 1.63. The van der Waals surface area contributed by atoms with Crippen LogP contribution in [0.15, 0.2) is 48.5 Å². The van der Waals surface area contributed by atoms with Crippen LogP contribution in [-0.4, -0.2) is 19.8 Å². The van der Waals surface area contributed by atoms with Crippen LogP contribution in [0, 0.1) is 6.92 Å². The fourth-order valence-corrected chi connectivity index (χ4v) is 3.36. The molecule has 0 aliphatic rings. The number of halogens is 3. The van der Waals surface area contributed by atoms with Gasteiger partial charge in [-0.25, -0.2) is 0 Å². The van der Waals surface area contributed by atoms with Crippen LogP contribution in [0.5, 0.6) is 0 Å². The Morgan fingerprint density at radius 3 is 2.48 bits per heavy atom. The Morgan fingerprint density at radius 1 is 0.960 bits per heavy atom. The monoisotopic (exact) mass is 360 g/mol. The summed E-state index contributed by atoms with van der Waals surface area (Å²) < 4.78 is 40.3. The molecule has 0 spiro atoms. The molecule has 4 nitrogen and oxygen atoms in total. The van der Waals surface area contributed by atoms with E-state index in [1.807, 2.05) is 31.2 Å². The second-order valence-electron chi connectivity index (χ2n) is 5.57. The zero-order valence-electron chi connectivity index (χ0n) is 12.9. The molecule has 4 rings (SSSR count). The second kappa shape index (κ2) is 5.66. The molecule has 0 atom stereocenters. The summed E-state index contributed by atoms with van der Waals surface area (Å²) in [7, 11) is 0. The summed E-state index contributed by atoms with van der Waals surface area (Å²) in [5, 5.41) is 13.3. The molecule has 0 fully saturated rings. The molecular formula is C17H11F3N4S. The maximum absolute atomic E-state index is 12.9. The molecule has 0 N–H and O–H groups in total. The van der Waals surface area contributed by atoms with E-state index in [9.17, 15) is 13.2 Å². The van der Waals surface area contributed by atoms with Crippen molar-refractivity contribution in [3.05, 3.63) is 59.7 Å². The smallest absolute Gasteiger partial charge is 0.182 e. The highest BCUT2D eigenvalue weighted by Crippen LogP contribution is 2.33. The predicted molar refractivity (Wildman–Crippen MR) is 89.3 cm³/mol. The lowest BCUT2D eigenvalue weighted by Crippen LogP contribution is -2.05. The number of rotatable bonds is 2. The highest BCUT2D eigenvalue weighted by atomic mass is 32.1. The number of hydrogen-bond donors (Lipinski definition) is 0. The molecule has 0 unspecified atom stereocenters. The zero-order chi connectivity index (χ0) is 17.6. The van der Waals surface area contributed by atoms with Gasteiger partial charge in [0.2, 0.25) is 4.96 Å². The van der Waals surface area contributed by atoms with Crippen LogP contribution in [0.2, 0.25) is 0 Å². The van der Waals surface area contributed by atoms with Crippen LogP contribution in [0.4, 0.5) is 13.2 Å². The van der Waals surface area contributed by atoms with Gasteiger partial charge in [-0.2, -0.15) is 22.8 Å². The van der Waals surface area contributed by atoms with Gasteiger partial charge in [-0.1, -0.05) is 47.2 Å². The van der Waals surface area contributed by atoms with E-state index in [0.717, 1.165) is 28.3 Å². The molecular weight excluding hydrogens is 349 g/mol. The number of aromatic nitrogens is 4. The minimum atomic E-state index is -4.41. The van der Waals surface area contributed by atoms with Crippen LogP contribution in [0.1, 0.15) is 11.1 Å². The maximum Gasteiger partial charge on any atom is 0.416 e. The Bertz CT molecular complexity index is 1070. The molecule has 0 amide bonds. The quantitative estimate of drug-likeness (QED) is 0.513. The van der Waals surface area contributed by atoms with E-state index in [1.165, 1.54) is 21.9 Å². The number of hydrogen-bond acceptors (Lipinski definition) is 4. The molecule has 0 aliphatic heterocycles. The van der Waals surface area contributed by atoms with Crippen molar-refractivity contribution in [3.63, 3.8) is 0 Å². The first-order valence-electron chi connectivity index (χ1n) is 7.39. The lowest BCUT2D eigenvalue weighted by molar-refractivity contribution is -0.137. The lowest BCUT2D eigenvalue weighted by Gasteiger charge is -2.07.